The van der Waals surface area contributed by atoms with Crippen molar-refractivity contribution in [3.05, 3.63) is 163 Å². The third-order valence-electron chi connectivity index (χ3n) is 10.4. The van der Waals surface area contributed by atoms with Crippen molar-refractivity contribution in [3.63, 3.8) is 0 Å². The van der Waals surface area contributed by atoms with Crippen LogP contribution < -0.4 is 0 Å². The van der Waals surface area contributed by atoms with E-state index in [4.69, 9.17) is 9.47 Å². The molecule has 0 bridgehead atoms. The van der Waals surface area contributed by atoms with E-state index in [2.05, 4.69) is 0 Å². The summed E-state index contributed by atoms with van der Waals surface area (Å²) in [6, 6.07) is 23.4. The lowest BCUT2D eigenvalue weighted by molar-refractivity contribution is -0.110. The number of hydrogen-bond acceptors (Lipinski definition) is 10. The van der Waals surface area contributed by atoms with Gasteiger partial charge in [-0.2, -0.15) is 0 Å². The van der Waals surface area contributed by atoms with Crippen molar-refractivity contribution in [2.45, 2.75) is 13.2 Å². The van der Waals surface area contributed by atoms with Gasteiger partial charge in [0.25, 0.3) is 0 Å². The smallest absolute Gasteiger partial charge is 0.419 e. The zero-order chi connectivity index (χ0) is 43.1. The average Bonchev–Trinajstić information content (AvgIpc) is 4.07. The Labute approximate surface area is 353 Å². The molecule has 0 unspecified atom stereocenters. The van der Waals surface area contributed by atoms with Crippen LogP contribution in [-0.4, -0.2) is 44.5 Å². The Hall–Kier alpha value is -7.56. The molecule has 0 atom stereocenters. The average molecular weight is 871 g/mol. The van der Waals surface area contributed by atoms with Gasteiger partial charge in [0.05, 0.1) is 42.6 Å². The Morgan fingerprint density at radius 3 is 1.31 bits per heavy atom. The molecule has 2 aliphatic rings. The highest BCUT2D eigenvalue weighted by molar-refractivity contribution is 7.22. The van der Waals surface area contributed by atoms with Gasteiger partial charge in [0.1, 0.15) is 36.5 Å². The SMILES string of the molecule is O=C1C(=O)c2c(F)cc(F)cc2/C1=C/c1cc2c(s1)c1c(c3sc(/C=C4\C(=O)C(=O)c5c(F)cc(F)cc54)cc3n1C(=O)OCc1ccccc1)n2C(=O)OCc1ccccc1. The van der Waals surface area contributed by atoms with Gasteiger partial charge in [-0.25, -0.2) is 36.3 Å². The molecule has 4 heterocycles. The van der Waals surface area contributed by atoms with E-state index < -0.39 is 69.7 Å². The van der Waals surface area contributed by atoms with E-state index in [0.717, 1.165) is 34.8 Å². The summed E-state index contributed by atoms with van der Waals surface area (Å²) >= 11 is 2.00. The van der Waals surface area contributed by atoms with Gasteiger partial charge in [-0.05, 0) is 47.5 Å². The van der Waals surface area contributed by atoms with E-state index >= 15 is 0 Å². The third kappa shape index (κ3) is 6.13. The monoisotopic (exact) mass is 870 g/mol. The largest absolute Gasteiger partial charge is 0.444 e. The molecule has 0 radical (unpaired) electrons. The van der Waals surface area contributed by atoms with Gasteiger partial charge < -0.3 is 9.47 Å². The minimum absolute atomic E-state index is 0.165. The maximum atomic E-state index is 14.8. The number of nitrogens with zero attached hydrogens (tertiary/aromatic N) is 2. The zero-order valence-corrected chi connectivity index (χ0v) is 32.9. The fraction of sp³-hybridized carbons (Fsp3) is 0.0435. The van der Waals surface area contributed by atoms with Crippen molar-refractivity contribution < 1.29 is 55.8 Å². The van der Waals surface area contributed by atoms with Crippen LogP contribution in [0.5, 0.6) is 0 Å². The fourth-order valence-corrected chi connectivity index (χ4v) is 10.00. The summed E-state index contributed by atoms with van der Waals surface area (Å²) < 4.78 is 73.0. The number of benzene rings is 4. The molecule has 16 heteroatoms. The molecule has 8 aromatic rings. The molecule has 4 aromatic carbocycles. The maximum absolute atomic E-state index is 14.8. The molecule has 0 aliphatic heterocycles. The second-order valence-electron chi connectivity index (χ2n) is 14.2. The van der Waals surface area contributed by atoms with E-state index in [1.807, 2.05) is 0 Å². The van der Waals surface area contributed by atoms with Crippen LogP contribution in [0.15, 0.2) is 97.1 Å². The summed E-state index contributed by atoms with van der Waals surface area (Å²) in [7, 11) is 0. The summed E-state index contributed by atoms with van der Waals surface area (Å²) in [5, 5.41) is 0. The van der Waals surface area contributed by atoms with Gasteiger partial charge in [0.15, 0.2) is 0 Å². The first-order valence-electron chi connectivity index (χ1n) is 18.5. The first-order chi connectivity index (χ1) is 29.9. The van der Waals surface area contributed by atoms with Crippen molar-refractivity contribution in [2.24, 2.45) is 0 Å². The lowest BCUT2D eigenvalue weighted by atomic mass is 10.1. The normalized spacial score (nSPS) is 14.9. The molecule has 2 aliphatic carbocycles. The standard InChI is InChI=1S/C46H22F4N2O8S2/c47-23-11-27-29(39(53)41(55)35(27)31(49)13-23)15-25-17-33-43(61-25)38-37(51(33)45(57)59-19-21-7-3-1-4-8-21)44-34(52(38)46(58)60-20-22-9-5-2-6-10-22)18-26(62-44)16-30-28-12-24(48)14-32(50)36(28)42(56)40(30)54/h1-18H,19-20H2/b29-15-,30-16-. The van der Waals surface area contributed by atoms with Crippen LogP contribution in [0.2, 0.25) is 0 Å². The Kier molecular flexibility index (Phi) is 9.08. The Bertz CT molecular complexity index is 3190. The first-order valence-corrected chi connectivity index (χ1v) is 20.2. The fourth-order valence-electron chi connectivity index (χ4n) is 7.75. The third-order valence-corrected chi connectivity index (χ3v) is 12.6. The van der Waals surface area contributed by atoms with Crippen LogP contribution in [-0.2, 0) is 32.3 Å². The highest BCUT2D eigenvalue weighted by atomic mass is 32.1. The number of ether oxygens (including phenoxy) is 2. The van der Waals surface area contributed by atoms with Crippen LogP contribution >= 0.6 is 22.7 Å². The molecule has 62 heavy (non-hydrogen) atoms. The number of carbonyl (C=O) groups excluding carboxylic acids is 6. The predicted molar refractivity (Wildman–Crippen MR) is 222 cm³/mol. The molecular weight excluding hydrogens is 849 g/mol. The van der Waals surface area contributed by atoms with Gasteiger partial charge in [-0.15, -0.1) is 22.7 Å². The highest BCUT2D eigenvalue weighted by Crippen LogP contribution is 2.46. The number of carbonyl (C=O) groups is 6. The molecule has 0 saturated heterocycles. The molecule has 10 rings (SSSR count). The van der Waals surface area contributed by atoms with Gasteiger partial charge in [0.2, 0.25) is 23.1 Å². The number of aromatic nitrogens is 2. The van der Waals surface area contributed by atoms with Gasteiger partial charge in [-0.1, -0.05) is 60.7 Å². The van der Waals surface area contributed by atoms with Crippen molar-refractivity contribution in [1.82, 2.24) is 9.13 Å². The maximum Gasteiger partial charge on any atom is 0.419 e. The van der Waals surface area contributed by atoms with Gasteiger partial charge in [-0.3, -0.25) is 19.2 Å². The predicted octanol–water partition coefficient (Wildman–Crippen LogP) is 10.4. The number of halogens is 4. The summed E-state index contributed by atoms with van der Waals surface area (Å²) in [6.45, 7) is -0.334. The Morgan fingerprint density at radius 2 is 0.919 bits per heavy atom. The lowest BCUT2D eigenvalue weighted by Crippen LogP contribution is -2.13. The van der Waals surface area contributed by atoms with Gasteiger partial charge >= 0.3 is 12.2 Å². The molecule has 0 amide bonds. The minimum atomic E-state index is -1.19. The van der Waals surface area contributed by atoms with E-state index in [1.54, 1.807) is 60.7 Å². The number of fused-ring (bicyclic) bond motifs is 7. The number of Topliss-reactive ketones (excluding diaryl/α,β-unsaturated/α-hetero) is 4. The molecule has 10 nitrogen and oxygen atoms in total. The highest BCUT2D eigenvalue weighted by Gasteiger charge is 2.39. The topological polar surface area (TPSA) is 131 Å². The van der Waals surface area contributed by atoms with Crippen molar-refractivity contribution in [1.29, 1.82) is 0 Å². The number of allylic oxidation sites excluding steroid dienone is 2. The van der Waals surface area contributed by atoms with Crippen molar-refractivity contribution in [2.75, 3.05) is 0 Å². The van der Waals surface area contributed by atoms with Crippen LogP contribution in [0.4, 0.5) is 27.2 Å². The van der Waals surface area contributed by atoms with Crippen molar-refractivity contribution >= 4 is 113 Å². The quantitative estimate of drug-likeness (QED) is 0.0917. The summed E-state index contributed by atoms with van der Waals surface area (Å²) in [5.74, 6) is -8.82. The lowest BCUT2D eigenvalue weighted by Gasteiger charge is -2.07. The Morgan fingerprint density at radius 1 is 0.532 bits per heavy atom. The van der Waals surface area contributed by atoms with Crippen LogP contribution in [0.3, 0.4) is 0 Å². The van der Waals surface area contributed by atoms with E-state index in [0.29, 0.717) is 32.7 Å². The van der Waals surface area contributed by atoms with E-state index in [1.165, 1.54) is 33.4 Å². The number of thiophene rings is 2. The first kappa shape index (κ1) is 38.6. The molecule has 0 saturated carbocycles. The second-order valence-corrected chi connectivity index (χ2v) is 16.4. The molecule has 0 spiro atoms. The van der Waals surface area contributed by atoms with Crippen molar-refractivity contribution in [3.8, 4) is 0 Å². The van der Waals surface area contributed by atoms with Crippen LogP contribution in [0, 0.1) is 23.3 Å². The molecule has 304 valence electrons. The molecule has 0 fully saturated rings. The Balaban J connectivity index is 1.20. The zero-order valence-electron chi connectivity index (χ0n) is 31.3. The minimum Gasteiger partial charge on any atom is -0.444 e. The number of ketones is 4. The second kappa shape index (κ2) is 14.6. The number of hydrogen-bond donors (Lipinski definition) is 0. The summed E-state index contributed by atoms with van der Waals surface area (Å²) in [5.41, 5.74) is -0.165. The van der Waals surface area contributed by atoms with Gasteiger partial charge in [0, 0.05) is 44.2 Å². The van der Waals surface area contributed by atoms with Crippen LogP contribution in [0.1, 0.15) is 52.7 Å². The molecule has 4 aromatic heterocycles. The van der Waals surface area contributed by atoms with E-state index in [-0.39, 0.29) is 67.3 Å². The number of rotatable bonds is 6. The molecular formula is C46H22F4N2O8S2. The van der Waals surface area contributed by atoms with Crippen LogP contribution in [0.25, 0.3) is 54.8 Å². The van der Waals surface area contributed by atoms with E-state index in [9.17, 15) is 46.3 Å². The summed E-state index contributed by atoms with van der Waals surface area (Å²) in [6.07, 6.45) is 0.763. The summed E-state index contributed by atoms with van der Waals surface area (Å²) in [4.78, 5) is 81.2. The molecule has 0 N–H and O–H groups in total.